The first-order valence-corrected chi connectivity index (χ1v) is 18.3. The number of carbonyl (C=O) groups excluding carboxylic acids is 8. The summed E-state index contributed by atoms with van der Waals surface area (Å²) in [5.41, 5.74) is 1.37. The van der Waals surface area contributed by atoms with E-state index in [9.17, 15) is 48.6 Å². The first-order valence-electron chi connectivity index (χ1n) is 18.3. The minimum absolute atomic E-state index is 0.00449. The van der Waals surface area contributed by atoms with Crippen LogP contribution in [-0.2, 0) is 40.0 Å². The van der Waals surface area contributed by atoms with Gasteiger partial charge >= 0.3 is 0 Å². The Bertz CT molecular complexity index is 1420. The maximum absolute atomic E-state index is 13.1. The number of aliphatic hydroxyl groups excluding tert-OH is 2. The highest BCUT2D eigenvalue weighted by atomic mass is 16.3. The average Bonchev–Trinajstić information content (AvgIpc) is 3.12. The second-order valence-electron chi connectivity index (χ2n) is 13.7. The third-order valence-corrected chi connectivity index (χ3v) is 8.49. The molecule has 302 valence electrons. The van der Waals surface area contributed by atoms with Gasteiger partial charge in [-0.15, -0.1) is 0 Å². The van der Waals surface area contributed by atoms with Gasteiger partial charge in [-0.2, -0.15) is 0 Å². The molecule has 8 N–H and O–H groups in total. The van der Waals surface area contributed by atoms with Gasteiger partial charge in [0.2, 0.25) is 35.4 Å². The second kappa shape index (κ2) is 24.4. The first-order chi connectivity index (χ1) is 25.5. The number of rotatable bonds is 24. The molecular weight excluding hydrogens is 702 g/mol. The van der Waals surface area contributed by atoms with Crippen molar-refractivity contribution >= 4 is 47.6 Å². The Kier molecular flexibility index (Phi) is 21.3. The summed E-state index contributed by atoms with van der Waals surface area (Å²) in [6.45, 7) is 8.12. The number of hydrogen-bond acceptors (Lipinski definition) is 10. The van der Waals surface area contributed by atoms with Gasteiger partial charge in [0.1, 0.15) is 36.5 Å². The monoisotopic (exact) mass is 761 g/mol. The van der Waals surface area contributed by atoms with E-state index in [0.29, 0.717) is 11.8 Å². The van der Waals surface area contributed by atoms with Gasteiger partial charge in [-0.25, -0.2) is 0 Å². The molecule has 0 bridgehead atoms. The molecular formula is C37H59N7O10. The molecule has 0 heterocycles. The summed E-state index contributed by atoms with van der Waals surface area (Å²) in [6.07, 6.45) is 4.68. The average molecular weight is 762 g/mol. The molecule has 1 aromatic rings. The minimum atomic E-state index is -1.49. The van der Waals surface area contributed by atoms with Crippen LogP contribution in [-0.4, -0.2) is 126 Å². The van der Waals surface area contributed by atoms with Gasteiger partial charge < -0.3 is 51.8 Å². The largest absolute Gasteiger partial charge is 0.394 e. The van der Waals surface area contributed by atoms with E-state index in [1.807, 2.05) is 26.0 Å². The predicted molar refractivity (Wildman–Crippen MR) is 200 cm³/mol. The van der Waals surface area contributed by atoms with E-state index in [2.05, 4.69) is 38.8 Å². The van der Waals surface area contributed by atoms with E-state index in [4.69, 9.17) is 0 Å². The summed E-state index contributed by atoms with van der Waals surface area (Å²) >= 11 is 0. The van der Waals surface area contributed by atoms with E-state index < -0.39 is 90.8 Å². The van der Waals surface area contributed by atoms with Crippen molar-refractivity contribution in [2.75, 3.05) is 26.7 Å². The van der Waals surface area contributed by atoms with Gasteiger partial charge in [0.25, 0.3) is 5.91 Å². The Hall–Kier alpha value is -4.90. The van der Waals surface area contributed by atoms with Crippen LogP contribution in [0.25, 0.3) is 0 Å². The van der Waals surface area contributed by atoms with Gasteiger partial charge in [0.05, 0.1) is 25.8 Å². The molecule has 54 heavy (non-hydrogen) atoms. The van der Waals surface area contributed by atoms with Crippen molar-refractivity contribution < 1.29 is 48.6 Å². The molecule has 7 amide bonds. The third kappa shape index (κ3) is 16.4. The molecule has 0 aliphatic heterocycles. The van der Waals surface area contributed by atoms with Crippen molar-refractivity contribution in [3.05, 3.63) is 35.4 Å². The topological polar surface area (TPSA) is 252 Å². The molecule has 0 spiro atoms. The Balaban J connectivity index is 2.74. The van der Waals surface area contributed by atoms with Crippen molar-refractivity contribution in [1.82, 2.24) is 36.8 Å². The maximum atomic E-state index is 13.1. The van der Waals surface area contributed by atoms with Gasteiger partial charge in [-0.3, -0.25) is 33.6 Å². The smallest absolute Gasteiger partial charge is 0.251 e. The summed E-state index contributed by atoms with van der Waals surface area (Å²) in [5.74, 6) is -5.20. The molecule has 17 nitrogen and oxygen atoms in total. The van der Waals surface area contributed by atoms with Crippen LogP contribution < -0.4 is 31.9 Å². The lowest BCUT2D eigenvalue weighted by atomic mass is 10.0. The molecule has 0 saturated carbocycles. The predicted octanol–water partition coefficient (Wildman–Crippen LogP) is -0.920. The molecule has 0 radical (unpaired) electrons. The molecule has 0 aliphatic rings. The lowest BCUT2D eigenvalue weighted by Crippen LogP contribution is -2.59. The number of amides is 7. The summed E-state index contributed by atoms with van der Waals surface area (Å²) < 4.78 is 0. The first kappa shape index (κ1) is 47.1. The number of likely N-dealkylation sites (N-methyl/N-ethyl adjacent to an activating group) is 1. The summed E-state index contributed by atoms with van der Waals surface area (Å²) in [5, 5.41) is 34.7. The summed E-state index contributed by atoms with van der Waals surface area (Å²) in [4.78, 5) is 101. The van der Waals surface area contributed by atoms with E-state index in [1.54, 1.807) is 12.1 Å². The Morgan fingerprint density at radius 1 is 0.741 bits per heavy atom. The van der Waals surface area contributed by atoms with Crippen LogP contribution in [0, 0.1) is 5.92 Å². The van der Waals surface area contributed by atoms with Gasteiger partial charge in [-0.05, 0) is 63.6 Å². The van der Waals surface area contributed by atoms with E-state index in [-0.39, 0.29) is 18.9 Å². The number of aryl methyl sites for hydroxylation is 1. The Morgan fingerprint density at radius 3 is 1.91 bits per heavy atom. The number of nitrogens with zero attached hydrogens (tertiary/aromatic N) is 1. The van der Waals surface area contributed by atoms with E-state index >= 15 is 0 Å². The quantitative estimate of drug-likeness (QED) is 0.0475. The zero-order valence-corrected chi connectivity index (χ0v) is 32.4. The highest BCUT2D eigenvalue weighted by Crippen LogP contribution is 2.11. The van der Waals surface area contributed by atoms with Crippen molar-refractivity contribution in [2.45, 2.75) is 116 Å². The lowest BCUT2D eigenvalue weighted by molar-refractivity contribution is -0.144. The molecule has 0 fully saturated rings. The standard InChI is InChI=1S/C37H59N7O10/c1-8-9-10-11-12-26-13-15-27(16-14-26)34(51)43-29(21-46)36(53)40-23(4)32(49)39-20-30(48)44(7)31(25(6)47)37(54)41-24(5)33(50)42-28(19-22(2)3)35(52)38-17-18-45/h13-16,18,22-25,28-29,31,46-47H,8-12,17,19-21H2,1-7H3,(H,38,52)(H,39,49)(H,40,53)(H,41,54)(H,42,50)(H,43,51)/t23-,24+,25?,28+,29-,31+/m1/s1. The molecule has 1 unspecified atom stereocenters. The molecule has 0 aromatic heterocycles. The maximum Gasteiger partial charge on any atom is 0.251 e. The summed E-state index contributed by atoms with van der Waals surface area (Å²) in [6, 6.07) is 0.702. The number of aliphatic hydroxyl groups is 2. The van der Waals surface area contributed by atoms with E-state index in [1.165, 1.54) is 27.8 Å². The van der Waals surface area contributed by atoms with E-state index in [0.717, 1.165) is 42.6 Å². The SMILES string of the molecule is CCCCCCc1ccc(C(=O)N[C@H](CO)C(=O)N[C@H](C)C(=O)NCC(=O)N(C)[C@H](C(=O)N[C@@H](C)C(=O)N[C@@H](CC(C)C)C(=O)NCC=O)C(C)O)cc1. The van der Waals surface area contributed by atoms with Crippen LogP contribution in [0.15, 0.2) is 24.3 Å². The van der Waals surface area contributed by atoms with Crippen molar-refractivity contribution in [2.24, 2.45) is 5.92 Å². The van der Waals surface area contributed by atoms with Crippen LogP contribution >= 0.6 is 0 Å². The highest BCUT2D eigenvalue weighted by molar-refractivity contribution is 5.99. The van der Waals surface area contributed by atoms with Gasteiger partial charge in [0.15, 0.2) is 0 Å². The normalized spacial score (nSPS) is 14.3. The van der Waals surface area contributed by atoms with Gasteiger partial charge in [0, 0.05) is 12.6 Å². The Morgan fingerprint density at radius 2 is 1.35 bits per heavy atom. The van der Waals surface area contributed by atoms with Crippen LogP contribution in [0.3, 0.4) is 0 Å². The number of benzene rings is 1. The number of aldehydes is 1. The van der Waals surface area contributed by atoms with Crippen LogP contribution in [0.4, 0.5) is 0 Å². The minimum Gasteiger partial charge on any atom is -0.394 e. The fraction of sp³-hybridized carbons (Fsp3) is 0.622. The van der Waals surface area contributed by atoms with Crippen LogP contribution in [0.1, 0.15) is 89.6 Å². The second-order valence-corrected chi connectivity index (χ2v) is 13.7. The molecule has 1 aromatic carbocycles. The van der Waals surface area contributed by atoms with Crippen molar-refractivity contribution in [3.8, 4) is 0 Å². The van der Waals surface area contributed by atoms with Crippen LogP contribution in [0.2, 0.25) is 0 Å². The molecule has 1 rings (SSSR count). The molecule has 0 saturated heterocycles. The fourth-order valence-electron chi connectivity index (χ4n) is 5.34. The number of carbonyl (C=O) groups is 8. The molecule has 6 atom stereocenters. The molecule has 0 aliphatic carbocycles. The zero-order chi connectivity index (χ0) is 41.0. The fourth-order valence-corrected chi connectivity index (χ4v) is 5.34. The number of hydrogen-bond donors (Lipinski definition) is 8. The van der Waals surface area contributed by atoms with Crippen molar-refractivity contribution in [1.29, 1.82) is 0 Å². The Labute approximate surface area is 317 Å². The number of unbranched alkanes of at least 4 members (excludes halogenated alkanes) is 3. The van der Waals surface area contributed by atoms with Crippen molar-refractivity contribution in [3.63, 3.8) is 0 Å². The van der Waals surface area contributed by atoms with Crippen LogP contribution in [0.5, 0.6) is 0 Å². The van der Waals surface area contributed by atoms with Gasteiger partial charge in [-0.1, -0.05) is 52.2 Å². The summed E-state index contributed by atoms with van der Waals surface area (Å²) in [7, 11) is 1.22. The number of nitrogens with one attached hydrogen (secondary N) is 6. The lowest BCUT2D eigenvalue weighted by Gasteiger charge is -2.31. The highest BCUT2D eigenvalue weighted by Gasteiger charge is 2.34. The third-order valence-electron chi connectivity index (χ3n) is 8.49. The zero-order valence-electron chi connectivity index (χ0n) is 32.4. The molecule has 17 heteroatoms.